The number of benzene rings is 11. The predicted octanol–water partition coefficient (Wildman–Crippen LogP) is 18.2. The van der Waals surface area contributed by atoms with Crippen LogP contribution >= 0.6 is 0 Å². The number of para-hydroxylation sites is 1. The third-order valence-corrected chi connectivity index (χ3v) is 12.9. The van der Waals surface area contributed by atoms with Crippen molar-refractivity contribution in [2.75, 3.05) is 4.90 Å². The van der Waals surface area contributed by atoms with Crippen LogP contribution in [0.15, 0.2) is 265 Å². The number of anilines is 3. The Kier molecular flexibility index (Phi) is 9.89. The van der Waals surface area contributed by atoms with Crippen molar-refractivity contribution < 1.29 is 4.42 Å². The molecule has 0 radical (unpaired) electrons. The van der Waals surface area contributed by atoms with Crippen molar-refractivity contribution in [2.24, 2.45) is 0 Å². The first kappa shape index (κ1) is 38.9. The van der Waals surface area contributed by atoms with Gasteiger partial charge in [0.05, 0.1) is 11.1 Å². The fourth-order valence-electron chi connectivity index (χ4n) is 9.57. The minimum Gasteiger partial charge on any atom is -0.455 e. The summed E-state index contributed by atoms with van der Waals surface area (Å²) in [5, 5.41) is 4.65. The van der Waals surface area contributed by atoms with Crippen molar-refractivity contribution in [1.29, 1.82) is 0 Å². The van der Waals surface area contributed by atoms with Gasteiger partial charge in [-0.2, -0.15) is 0 Å². The third-order valence-electron chi connectivity index (χ3n) is 12.9. The van der Waals surface area contributed by atoms with Crippen LogP contribution in [-0.4, -0.2) is 0 Å². The molecule has 1 aromatic heterocycles. The monoisotopic (exact) mass is 841 g/mol. The Morgan fingerprint density at radius 2 is 0.727 bits per heavy atom. The second-order valence-electron chi connectivity index (χ2n) is 16.9. The average Bonchev–Trinajstić information content (AvgIpc) is 3.80. The number of nitrogens with zero attached hydrogens (tertiary/aromatic N) is 1. The van der Waals surface area contributed by atoms with Gasteiger partial charge >= 0.3 is 0 Å². The van der Waals surface area contributed by atoms with E-state index in [4.69, 9.17) is 4.42 Å². The van der Waals surface area contributed by atoms with Crippen molar-refractivity contribution in [2.45, 2.75) is 0 Å². The summed E-state index contributed by atoms with van der Waals surface area (Å²) in [5.74, 6) is 0. The molecule has 0 saturated carbocycles. The van der Waals surface area contributed by atoms with Crippen LogP contribution in [0, 0.1) is 0 Å². The smallest absolute Gasteiger partial charge is 0.145 e. The minimum atomic E-state index is 0.863. The molecular weight excluding hydrogens is 799 g/mol. The van der Waals surface area contributed by atoms with Crippen molar-refractivity contribution in [1.82, 2.24) is 0 Å². The summed E-state index contributed by atoms with van der Waals surface area (Å²) < 4.78 is 6.79. The summed E-state index contributed by atoms with van der Waals surface area (Å²) >= 11 is 0. The molecule has 0 N–H and O–H groups in total. The van der Waals surface area contributed by atoms with Gasteiger partial charge < -0.3 is 9.32 Å². The maximum Gasteiger partial charge on any atom is 0.145 e. The molecule has 2 heteroatoms. The molecule has 310 valence electrons. The molecule has 0 aliphatic rings. The lowest BCUT2D eigenvalue weighted by Gasteiger charge is -2.27. The molecule has 0 aliphatic heterocycles. The molecule has 0 fully saturated rings. The second kappa shape index (κ2) is 16.8. The fraction of sp³-hybridized carbons (Fsp3) is 0. The molecule has 0 bridgehead atoms. The van der Waals surface area contributed by atoms with Crippen LogP contribution in [0.25, 0.3) is 99.5 Å². The predicted molar refractivity (Wildman–Crippen MR) is 279 cm³/mol. The molecular formula is C64H43NO. The first-order chi connectivity index (χ1) is 32.7. The Morgan fingerprint density at radius 1 is 0.273 bits per heavy atom. The third kappa shape index (κ3) is 7.21. The number of rotatable bonds is 9. The van der Waals surface area contributed by atoms with E-state index >= 15 is 0 Å². The minimum absolute atomic E-state index is 0.863. The van der Waals surface area contributed by atoms with Gasteiger partial charge in [-0.25, -0.2) is 0 Å². The molecule has 0 aliphatic carbocycles. The standard InChI is InChI=1S/C64H43NO/c1-3-14-44(15-4-1)46-26-29-49(30-27-46)57-22-9-10-23-58(57)50-34-38-56(39-35-50)65(61-41-40-59(48-17-5-2-6-18-48)64-63(61)60-24-11-12-25-62(60)66-64)55-36-32-47(33-37-55)52-20-13-21-53(42-52)54-31-28-45-16-7-8-19-51(45)43-54/h1-43H. The van der Waals surface area contributed by atoms with Crippen LogP contribution in [0.1, 0.15) is 0 Å². The quantitative estimate of drug-likeness (QED) is 0.144. The Balaban J connectivity index is 0.962. The highest BCUT2D eigenvalue weighted by Crippen LogP contribution is 2.47. The first-order valence-electron chi connectivity index (χ1n) is 22.6. The van der Waals surface area contributed by atoms with E-state index in [2.05, 4.69) is 260 Å². The van der Waals surface area contributed by atoms with E-state index in [1.807, 2.05) is 6.07 Å². The normalized spacial score (nSPS) is 11.3. The highest BCUT2D eigenvalue weighted by Gasteiger charge is 2.22. The molecule has 0 atom stereocenters. The van der Waals surface area contributed by atoms with Crippen LogP contribution in [0.2, 0.25) is 0 Å². The fourth-order valence-corrected chi connectivity index (χ4v) is 9.57. The van der Waals surface area contributed by atoms with Crippen LogP contribution in [-0.2, 0) is 0 Å². The summed E-state index contributed by atoms with van der Waals surface area (Å²) in [6, 6.07) is 93.7. The van der Waals surface area contributed by atoms with Crippen molar-refractivity contribution >= 4 is 49.8 Å². The van der Waals surface area contributed by atoms with E-state index in [0.717, 1.165) is 61.3 Å². The van der Waals surface area contributed by atoms with Crippen LogP contribution in [0.5, 0.6) is 0 Å². The van der Waals surface area contributed by atoms with Gasteiger partial charge in [-0.1, -0.05) is 206 Å². The van der Waals surface area contributed by atoms with Crippen molar-refractivity contribution in [3.05, 3.63) is 261 Å². The largest absolute Gasteiger partial charge is 0.455 e. The van der Waals surface area contributed by atoms with Gasteiger partial charge in [-0.3, -0.25) is 0 Å². The topological polar surface area (TPSA) is 16.4 Å². The zero-order valence-corrected chi connectivity index (χ0v) is 36.2. The highest BCUT2D eigenvalue weighted by atomic mass is 16.3. The molecule has 12 rings (SSSR count). The Hall–Kier alpha value is -8.72. The van der Waals surface area contributed by atoms with E-state index < -0.39 is 0 Å². The Labute approximate surface area is 384 Å². The Bertz CT molecular complexity index is 3660. The molecule has 0 saturated heterocycles. The summed E-state index contributed by atoms with van der Waals surface area (Å²) in [4.78, 5) is 2.38. The van der Waals surface area contributed by atoms with Crippen molar-refractivity contribution in [3.8, 4) is 66.8 Å². The lowest BCUT2D eigenvalue weighted by molar-refractivity contribution is 0.670. The first-order valence-corrected chi connectivity index (χ1v) is 22.6. The van der Waals surface area contributed by atoms with Gasteiger partial charge in [0.1, 0.15) is 11.2 Å². The number of furan rings is 1. The molecule has 0 unspecified atom stereocenters. The number of hydrogen-bond acceptors (Lipinski definition) is 2. The van der Waals surface area contributed by atoms with E-state index in [0.29, 0.717) is 0 Å². The molecule has 12 aromatic rings. The summed E-state index contributed by atoms with van der Waals surface area (Å²) in [6.07, 6.45) is 0. The second-order valence-corrected chi connectivity index (χ2v) is 16.9. The van der Waals surface area contributed by atoms with Gasteiger partial charge in [0.15, 0.2) is 0 Å². The van der Waals surface area contributed by atoms with E-state index in [9.17, 15) is 0 Å². The highest BCUT2D eigenvalue weighted by molar-refractivity contribution is 6.17. The molecule has 0 amide bonds. The SMILES string of the molecule is c1ccc(-c2ccc(-c3ccccc3-c3ccc(N(c4ccc(-c5cccc(-c6ccc7ccccc7c6)c5)cc4)c4ccc(-c5ccccc5)c5oc6ccccc6c45)cc3)cc2)cc1. The summed E-state index contributed by atoms with van der Waals surface area (Å²) in [5.41, 5.74) is 19.0. The molecule has 11 aromatic carbocycles. The zero-order chi connectivity index (χ0) is 43.8. The number of fused-ring (bicyclic) bond motifs is 4. The average molecular weight is 842 g/mol. The van der Waals surface area contributed by atoms with Crippen LogP contribution < -0.4 is 4.90 Å². The molecule has 1 heterocycles. The maximum atomic E-state index is 6.79. The van der Waals surface area contributed by atoms with Gasteiger partial charge in [-0.15, -0.1) is 0 Å². The zero-order valence-electron chi connectivity index (χ0n) is 36.2. The summed E-state index contributed by atoms with van der Waals surface area (Å²) in [6.45, 7) is 0. The van der Waals surface area contributed by atoms with E-state index in [1.165, 1.54) is 55.3 Å². The molecule has 66 heavy (non-hydrogen) atoms. The molecule has 2 nitrogen and oxygen atoms in total. The lowest BCUT2D eigenvalue weighted by Crippen LogP contribution is -2.10. The van der Waals surface area contributed by atoms with Crippen LogP contribution in [0.4, 0.5) is 17.1 Å². The van der Waals surface area contributed by atoms with E-state index in [1.54, 1.807) is 0 Å². The van der Waals surface area contributed by atoms with Gasteiger partial charge in [0.25, 0.3) is 0 Å². The summed E-state index contributed by atoms with van der Waals surface area (Å²) in [7, 11) is 0. The Morgan fingerprint density at radius 3 is 1.42 bits per heavy atom. The van der Waals surface area contributed by atoms with Crippen LogP contribution in [0.3, 0.4) is 0 Å². The number of hydrogen-bond donors (Lipinski definition) is 0. The van der Waals surface area contributed by atoms with Gasteiger partial charge in [0.2, 0.25) is 0 Å². The lowest BCUT2D eigenvalue weighted by atomic mass is 9.93. The van der Waals surface area contributed by atoms with Gasteiger partial charge in [0, 0.05) is 22.3 Å². The maximum absolute atomic E-state index is 6.79. The van der Waals surface area contributed by atoms with Gasteiger partial charge in [-0.05, 0) is 127 Å². The molecule has 0 spiro atoms. The van der Waals surface area contributed by atoms with Crippen molar-refractivity contribution in [3.63, 3.8) is 0 Å². The van der Waals surface area contributed by atoms with E-state index in [-0.39, 0.29) is 0 Å².